The van der Waals surface area contributed by atoms with Crippen molar-refractivity contribution >= 4 is 21.6 Å². The molecular formula is C14H17BrN4O3. The Bertz CT molecular complexity index is 693. The van der Waals surface area contributed by atoms with E-state index in [2.05, 4.69) is 21.0 Å². The van der Waals surface area contributed by atoms with Gasteiger partial charge in [0.1, 0.15) is 5.75 Å². The minimum Gasteiger partial charge on any atom is -0.485 e. The number of hydrogen-bond donors (Lipinski definition) is 1. The van der Waals surface area contributed by atoms with Crippen LogP contribution in [0.15, 0.2) is 28.9 Å². The molecule has 2 aromatic rings. The topological polar surface area (TPSA) is 96.2 Å². The predicted molar refractivity (Wildman–Crippen MR) is 87.3 cm³/mol. The minimum atomic E-state index is -1.18. The van der Waals surface area contributed by atoms with E-state index in [1.165, 1.54) is 13.8 Å². The van der Waals surface area contributed by atoms with E-state index in [1.807, 2.05) is 0 Å². The van der Waals surface area contributed by atoms with Crippen molar-refractivity contribution in [3.05, 3.63) is 39.0 Å². The van der Waals surface area contributed by atoms with Gasteiger partial charge in [-0.2, -0.15) is 5.10 Å². The number of nitrogen functional groups attached to an aromatic ring is 1. The average Bonchev–Trinajstić information content (AvgIpc) is 2.76. The molecule has 0 aliphatic carbocycles. The van der Waals surface area contributed by atoms with Crippen LogP contribution in [0.3, 0.4) is 0 Å². The van der Waals surface area contributed by atoms with Gasteiger partial charge in [-0.05, 0) is 34.1 Å². The van der Waals surface area contributed by atoms with Crippen molar-refractivity contribution in [3.63, 3.8) is 0 Å². The fourth-order valence-electron chi connectivity index (χ4n) is 1.88. The molecule has 2 N–H and O–H groups in total. The first-order valence-electron chi connectivity index (χ1n) is 6.57. The normalized spacial score (nSPS) is 11.5. The van der Waals surface area contributed by atoms with Gasteiger partial charge in [-0.25, -0.2) is 0 Å². The summed E-state index contributed by atoms with van der Waals surface area (Å²) in [6.45, 7) is 2.99. The first kappa shape index (κ1) is 16.3. The number of benzene rings is 1. The molecule has 0 unspecified atom stereocenters. The van der Waals surface area contributed by atoms with Crippen molar-refractivity contribution < 1.29 is 9.66 Å². The summed E-state index contributed by atoms with van der Waals surface area (Å²) in [7, 11) is 1.80. The molecule has 7 nitrogen and oxygen atoms in total. The van der Waals surface area contributed by atoms with Crippen LogP contribution in [-0.4, -0.2) is 26.8 Å². The molecule has 8 heteroatoms. The zero-order valence-electron chi connectivity index (χ0n) is 12.5. The van der Waals surface area contributed by atoms with Gasteiger partial charge >= 0.3 is 0 Å². The van der Waals surface area contributed by atoms with Crippen LogP contribution in [0.5, 0.6) is 5.75 Å². The van der Waals surface area contributed by atoms with Crippen LogP contribution in [0.4, 0.5) is 5.69 Å². The van der Waals surface area contributed by atoms with Crippen LogP contribution >= 0.6 is 15.9 Å². The van der Waals surface area contributed by atoms with Crippen molar-refractivity contribution in [3.8, 4) is 17.0 Å². The summed E-state index contributed by atoms with van der Waals surface area (Å²) in [6.07, 6.45) is 1.67. The van der Waals surface area contributed by atoms with E-state index in [0.717, 1.165) is 15.7 Å². The van der Waals surface area contributed by atoms with Gasteiger partial charge in [0, 0.05) is 37.1 Å². The molecule has 118 valence electrons. The Balaban J connectivity index is 2.40. The molecule has 0 amide bonds. The molecule has 1 aromatic carbocycles. The first-order valence-corrected chi connectivity index (χ1v) is 7.36. The van der Waals surface area contributed by atoms with Gasteiger partial charge in [0.15, 0.2) is 6.61 Å². The number of aryl methyl sites for hydroxylation is 1. The third kappa shape index (κ3) is 3.22. The lowest BCUT2D eigenvalue weighted by Crippen LogP contribution is -2.37. The standard InChI is InChI=1S/C14H17BrN4O3/c1-14(2,19(20)21)8-22-12-5-4-9(16)6-10(12)13-11(15)7-17-18(13)3/h4-7H,8,16H2,1-3H3. The van der Waals surface area contributed by atoms with Gasteiger partial charge in [0.25, 0.3) is 0 Å². The van der Waals surface area contributed by atoms with Crippen molar-refractivity contribution in [2.24, 2.45) is 7.05 Å². The molecule has 0 saturated heterocycles. The monoisotopic (exact) mass is 368 g/mol. The van der Waals surface area contributed by atoms with E-state index >= 15 is 0 Å². The van der Waals surface area contributed by atoms with Crippen molar-refractivity contribution in [1.29, 1.82) is 0 Å². The van der Waals surface area contributed by atoms with E-state index in [-0.39, 0.29) is 11.5 Å². The van der Waals surface area contributed by atoms with Crippen LogP contribution in [0, 0.1) is 10.1 Å². The third-order valence-electron chi connectivity index (χ3n) is 3.23. The number of hydrogen-bond acceptors (Lipinski definition) is 5. The molecule has 0 atom stereocenters. The highest BCUT2D eigenvalue weighted by Crippen LogP contribution is 2.36. The van der Waals surface area contributed by atoms with Gasteiger partial charge in [-0.3, -0.25) is 14.8 Å². The predicted octanol–water partition coefficient (Wildman–Crippen LogP) is 2.87. The Morgan fingerprint density at radius 1 is 1.50 bits per heavy atom. The summed E-state index contributed by atoms with van der Waals surface area (Å²) < 4.78 is 8.17. The van der Waals surface area contributed by atoms with Crippen LogP contribution in [0.2, 0.25) is 0 Å². The molecule has 0 aliphatic rings. The SMILES string of the molecule is Cn1ncc(Br)c1-c1cc(N)ccc1OCC(C)(C)[N+](=O)[O-]. The van der Waals surface area contributed by atoms with E-state index < -0.39 is 5.54 Å². The molecule has 0 spiro atoms. The van der Waals surface area contributed by atoms with Crippen LogP contribution < -0.4 is 10.5 Å². The van der Waals surface area contributed by atoms with E-state index in [4.69, 9.17) is 10.5 Å². The number of nitrogens with zero attached hydrogens (tertiary/aromatic N) is 3. The first-order chi connectivity index (χ1) is 10.2. The smallest absolute Gasteiger partial charge is 0.250 e. The fourth-order valence-corrected chi connectivity index (χ4v) is 2.44. The van der Waals surface area contributed by atoms with E-state index in [0.29, 0.717) is 11.4 Å². The molecule has 0 aliphatic heterocycles. The van der Waals surface area contributed by atoms with Gasteiger partial charge < -0.3 is 10.5 Å². The molecular weight excluding hydrogens is 352 g/mol. The number of aromatic nitrogens is 2. The van der Waals surface area contributed by atoms with E-state index in [9.17, 15) is 10.1 Å². The van der Waals surface area contributed by atoms with Crippen LogP contribution in [-0.2, 0) is 7.05 Å². The molecule has 0 bridgehead atoms. The second-order valence-corrected chi connectivity index (χ2v) is 6.43. The lowest BCUT2D eigenvalue weighted by Gasteiger charge is -2.18. The van der Waals surface area contributed by atoms with Crippen molar-refractivity contribution in [2.45, 2.75) is 19.4 Å². The van der Waals surface area contributed by atoms with Gasteiger partial charge in [-0.15, -0.1) is 0 Å². The van der Waals surface area contributed by atoms with Crippen LogP contribution in [0.25, 0.3) is 11.3 Å². The fraction of sp³-hybridized carbons (Fsp3) is 0.357. The summed E-state index contributed by atoms with van der Waals surface area (Å²) in [5.74, 6) is 0.522. The zero-order chi connectivity index (χ0) is 16.5. The summed E-state index contributed by atoms with van der Waals surface area (Å²) >= 11 is 3.44. The summed E-state index contributed by atoms with van der Waals surface area (Å²) in [6, 6.07) is 5.17. The van der Waals surface area contributed by atoms with Gasteiger partial charge in [0.05, 0.1) is 16.4 Å². The molecule has 1 heterocycles. The number of halogens is 1. The number of anilines is 1. The minimum absolute atomic E-state index is 0.0492. The molecule has 1 aromatic heterocycles. The summed E-state index contributed by atoms with van der Waals surface area (Å²) in [4.78, 5) is 10.6. The molecule has 0 saturated carbocycles. The summed E-state index contributed by atoms with van der Waals surface area (Å²) in [5, 5.41) is 15.2. The zero-order valence-corrected chi connectivity index (χ0v) is 14.1. The van der Waals surface area contributed by atoms with Crippen molar-refractivity contribution in [1.82, 2.24) is 9.78 Å². The second-order valence-electron chi connectivity index (χ2n) is 5.58. The van der Waals surface area contributed by atoms with Crippen molar-refractivity contribution in [2.75, 3.05) is 12.3 Å². The maximum absolute atomic E-state index is 11.0. The maximum Gasteiger partial charge on any atom is 0.250 e. The Labute approximate surface area is 136 Å². The number of rotatable bonds is 5. The van der Waals surface area contributed by atoms with Gasteiger partial charge in [-0.1, -0.05) is 0 Å². The Morgan fingerprint density at radius 2 is 2.18 bits per heavy atom. The highest BCUT2D eigenvalue weighted by molar-refractivity contribution is 9.10. The Hall–Kier alpha value is -2.09. The number of nitrogens with two attached hydrogens (primary N) is 1. The van der Waals surface area contributed by atoms with Gasteiger partial charge in [0.2, 0.25) is 5.54 Å². The molecule has 0 radical (unpaired) electrons. The molecule has 22 heavy (non-hydrogen) atoms. The highest BCUT2D eigenvalue weighted by atomic mass is 79.9. The summed E-state index contributed by atoms with van der Waals surface area (Å²) in [5.41, 5.74) is 6.77. The number of nitro groups is 1. The third-order valence-corrected chi connectivity index (χ3v) is 3.81. The average molecular weight is 369 g/mol. The Morgan fingerprint density at radius 3 is 2.73 bits per heavy atom. The number of ether oxygens (including phenoxy) is 1. The Kier molecular flexibility index (Phi) is 4.41. The quantitative estimate of drug-likeness (QED) is 0.497. The largest absolute Gasteiger partial charge is 0.485 e. The lowest BCUT2D eigenvalue weighted by molar-refractivity contribution is -0.562. The molecule has 0 fully saturated rings. The highest BCUT2D eigenvalue weighted by Gasteiger charge is 2.32. The van der Waals surface area contributed by atoms with Crippen LogP contribution in [0.1, 0.15) is 13.8 Å². The van der Waals surface area contributed by atoms with E-state index in [1.54, 1.807) is 36.1 Å². The lowest BCUT2D eigenvalue weighted by atomic mass is 10.1. The molecule has 2 rings (SSSR count). The second kappa shape index (κ2) is 5.96. The maximum atomic E-state index is 11.0.